The molecule has 1 atom stereocenters. The smallest absolute Gasteiger partial charge is 0.255 e. The van der Waals surface area contributed by atoms with Crippen LogP contribution in [0.25, 0.3) is 0 Å². The van der Waals surface area contributed by atoms with E-state index in [0.717, 1.165) is 18.1 Å². The summed E-state index contributed by atoms with van der Waals surface area (Å²) in [7, 11) is 0. The first-order chi connectivity index (χ1) is 8.09. The second kappa shape index (κ2) is 5.19. The average Bonchev–Trinajstić information content (AvgIpc) is 2.32. The Bertz CT molecular complexity index is 439. The molecule has 1 aromatic rings. The summed E-state index contributed by atoms with van der Waals surface area (Å²) >= 11 is 7.84. The highest BCUT2D eigenvalue weighted by atomic mass is 35.5. The number of amides is 1. The zero-order chi connectivity index (χ0) is 12.4. The molecule has 0 bridgehead atoms. The molecule has 1 fully saturated rings. The highest BCUT2D eigenvalue weighted by molar-refractivity contribution is 7.99. The number of nitrogens with zero attached hydrogens (tertiary/aromatic N) is 1. The molecule has 17 heavy (non-hydrogen) atoms. The highest BCUT2D eigenvalue weighted by Crippen LogP contribution is 2.25. The van der Waals surface area contributed by atoms with E-state index in [9.17, 15) is 9.90 Å². The molecule has 1 aliphatic heterocycles. The third-order valence-corrected chi connectivity index (χ3v) is 4.33. The molecule has 3 nitrogen and oxygen atoms in total. The summed E-state index contributed by atoms with van der Waals surface area (Å²) in [4.78, 5) is 14.1. The van der Waals surface area contributed by atoms with Crippen molar-refractivity contribution in [3.8, 4) is 5.75 Å². The van der Waals surface area contributed by atoms with Crippen molar-refractivity contribution in [2.45, 2.75) is 13.0 Å². The number of phenolic OH excluding ortho intramolecular Hbond substituents is 1. The van der Waals surface area contributed by atoms with E-state index in [4.69, 9.17) is 11.6 Å². The monoisotopic (exact) mass is 271 g/mol. The molecule has 0 aliphatic carbocycles. The molecule has 2 rings (SSSR count). The first kappa shape index (κ1) is 12.6. The molecule has 1 amide bonds. The fourth-order valence-electron chi connectivity index (χ4n) is 1.86. The van der Waals surface area contributed by atoms with Gasteiger partial charge in [0, 0.05) is 24.1 Å². The first-order valence-electron chi connectivity index (χ1n) is 5.47. The molecule has 5 heteroatoms. The van der Waals surface area contributed by atoms with Crippen LogP contribution < -0.4 is 0 Å². The topological polar surface area (TPSA) is 40.5 Å². The van der Waals surface area contributed by atoms with Crippen LogP contribution in [0.1, 0.15) is 17.3 Å². The number of carbonyl (C=O) groups excluding carboxylic acids is 1. The van der Waals surface area contributed by atoms with E-state index in [2.05, 4.69) is 0 Å². The SMILES string of the molecule is CC1CSCCN1C(=O)c1cc(O)ccc1Cl. The maximum Gasteiger partial charge on any atom is 0.255 e. The van der Waals surface area contributed by atoms with E-state index < -0.39 is 0 Å². The Labute approximate surface area is 110 Å². The van der Waals surface area contributed by atoms with Crippen LogP contribution in [0.5, 0.6) is 5.75 Å². The van der Waals surface area contributed by atoms with Crippen LogP contribution in [0, 0.1) is 0 Å². The third kappa shape index (κ3) is 2.69. The van der Waals surface area contributed by atoms with Crippen LogP contribution in [0.3, 0.4) is 0 Å². The van der Waals surface area contributed by atoms with Gasteiger partial charge in [0.15, 0.2) is 0 Å². The van der Waals surface area contributed by atoms with E-state index in [0.29, 0.717) is 10.6 Å². The summed E-state index contributed by atoms with van der Waals surface area (Å²) in [6, 6.07) is 4.67. The van der Waals surface area contributed by atoms with Crippen molar-refractivity contribution in [2.75, 3.05) is 18.1 Å². The van der Waals surface area contributed by atoms with Gasteiger partial charge >= 0.3 is 0 Å². The second-order valence-electron chi connectivity index (χ2n) is 4.09. The predicted molar refractivity (Wildman–Crippen MR) is 70.9 cm³/mol. The number of rotatable bonds is 1. The Balaban J connectivity index is 2.26. The van der Waals surface area contributed by atoms with Gasteiger partial charge in [-0.15, -0.1) is 0 Å². The number of phenols is 1. The molecule has 1 heterocycles. The molecule has 1 aromatic carbocycles. The van der Waals surface area contributed by atoms with Gasteiger partial charge in [-0.1, -0.05) is 11.6 Å². The summed E-state index contributed by atoms with van der Waals surface area (Å²) < 4.78 is 0. The number of aromatic hydroxyl groups is 1. The molecule has 1 N–H and O–H groups in total. The number of hydrogen-bond acceptors (Lipinski definition) is 3. The van der Waals surface area contributed by atoms with Gasteiger partial charge in [0.25, 0.3) is 5.91 Å². The van der Waals surface area contributed by atoms with Crippen LogP contribution in [0.4, 0.5) is 0 Å². The summed E-state index contributed by atoms with van der Waals surface area (Å²) in [5.41, 5.74) is 0.380. The fourth-order valence-corrected chi connectivity index (χ4v) is 3.07. The Kier molecular flexibility index (Phi) is 3.84. The maximum absolute atomic E-state index is 12.3. The summed E-state index contributed by atoms with van der Waals surface area (Å²) in [5, 5.41) is 9.80. The van der Waals surface area contributed by atoms with Crippen molar-refractivity contribution in [1.82, 2.24) is 4.90 Å². The van der Waals surface area contributed by atoms with Crippen molar-refractivity contribution in [2.24, 2.45) is 0 Å². The minimum atomic E-state index is -0.0984. The van der Waals surface area contributed by atoms with Crippen molar-refractivity contribution in [3.63, 3.8) is 0 Å². The molecule has 1 unspecified atom stereocenters. The van der Waals surface area contributed by atoms with Crippen molar-refractivity contribution < 1.29 is 9.90 Å². The van der Waals surface area contributed by atoms with Crippen LogP contribution in [0.15, 0.2) is 18.2 Å². The summed E-state index contributed by atoms with van der Waals surface area (Å²) in [6.07, 6.45) is 0. The molecule has 1 aliphatic rings. The van der Waals surface area contributed by atoms with Gasteiger partial charge in [0.05, 0.1) is 10.6 Å². The maximum atomic E-state index is 12.3. The first-order valence-corrected chi connectivity index (χ1v) is 7.00. The highest BCUT2D eigenvalue weighted by Gasteiger charge is 2.26. The second-order valence-corrected chi connectivity index (χ2v) is 5.64. The fraction of sp³-hybridized carbons (Fsp3) is 0.417. The van der Waals surface area contributed by atoms with E-state index in [1.165, 1.54) is 12.1 Å². The quantitative estimate of drug-likeness (QED) is 0.854. The largest absolute Gasteiger partial charge is 0.508 e. The van der Waals surface area contributed by atoms with Crippen molar-refractivity contribution in [1.29, 1.82) is 0 Å². The van der Waals surface area contributed by atoms with Gasteiger partial charge in [0.1, 0.15) is 5.75 Å². The molecular formula is C12H14ClNO2S. The lowest BCUT2D eigenvalue weighted by Gasteiger charge is -2.33. The normalized spacial score (nSPS) is 20.4. The number of thioether (sulfide) groups is 1. The summed E-state index contributed by atoms with van der Waals surface area (Å²) in [5.74, 6) is 1.87. The number of carbonyl (C=O) groups is 1. The van der Waals surface area contributed by atoms with Crippen LogP contribution in [-0.2, 0) is 0 Å². The molecule has 1 saturated heterocycles. The van der Waals surface area contributed by atoms with Crippen molar-refractivity contribution >= 4 is 29.3 Å². The van der Waals surface area contributed by atoms with E-state index in [1.807, 2.05) is 23.6 Å². The number of hydrogen-bond donors (Lipinski definition) is 1. The van der Waals surface area contributed by atoms with Gasteiger partial charge in [0.2, 0.25) is 0 Å². The van der Waals surface area contributed by atoms with E-state index in [-0.39, 0.29) is 17.7 Å². The Morgan fingerprint density at radius 2 is 2.35 bits per heavy atom. The predicted octanol–water partition coefficient (Wildman–Crippen LogP) is 2.62. The van der Waals surface area contributed by atoms with Gasteiger partial charge in [-0.05, 0) is 25.1 Å². The molecule has 0 radical (unpaired) electrons. The molecule has 0 spiro atoms. The minimum Gasteiger partial charge on any atom is -0.508 e. The van der Waals surface area contributed by atoms with Gasteiger partial charge in [-0.2, -0.15) is 11.8 Å². The van der Waals surface area contributed by atoms with Crippen LogP contribution in [0.2, 0.25) is 5.02 Å². The Morgan fingerprint density at radius 1 is 1.59 bits per heavy atom. The van der Waals surface area contributed by atoms with Gasteiger partial charge < -0.3 is 10.0 Å². The minimum absolute atomic E-state index is 0.0665. The zero-order valence-electron chi connectivity index (χ0n) is 9.52. The zero-order valence-corrected chi connectivity index (χ0v) is 11.1. The number of halogens is 1. The molecule has 0 aromatic heterocycles. The summed E-state index contributed by atoms with van der Waals surface area (Å²) in [6.45, 7) is 2.76. The van der Waals surface area contributed by atoms with E-state index >= 15 is 0 Å². The lowest BCUT2D eigenvalue weighted by Crippen LogP contribution is -2.44. The molecular weight excluding hydrogens is 258 g/mol. The number of benzene rings is 1. The van der Waals surface area contributed by atoms with Crippen LogP contribution in [-0.4, -0.2) is 40.0 Å². The molecule has 0 saturated carbocycles. The van der Waals surface area contributed by atoms with E-state index in [1.54, 1.807) is 6.07 Å². The standard InChI is InChI=1S/C12H14ClNO2S/c1-8-7-17-5-4-14(8)12(16)10-6-9(15)2-3-11(10)13/h2-3,6,8,15H,4-5,7H2,1H3. The third-order valence-electron chi connectivity index (χ3n) is 2.81. The Morgan fingerprint density at radius 3 is 3.06 bits per heavy atom. The lowest BCUT2D eigenvalue weighted by atomic mass is 10.1. The van der Waals surface area contributed by atoms with Crippen LogP contribution >= 0.6 is 23.4 Å². The average molecular weight is 272 g/mol. The Hall–Kier alpha value is -0.870. The van der Waals surface area contributed by atoms with Gasteiger partial charge in [-0.3, -0.25) is 4.79 Å². The van der Waals surface area contributed by atoms with Crippen molar-refractivity contribution in [3.05, 3.63) is 28.8 Å². The van der Waals surface area contributed by atoms with Gasteiger partial charge in [-0.25, -0.2) is 0 Å². The molecule has 92 valence electrons. The lowest BCUT2D eigenvalue weighted by molar-refractivity contribution is 0.0716.